The van der Waals surface area contributed by atoms with Crippen LogP contribution in [0.5, 0.6) is 0 Å². The molecule has 0 aromatic carbocycles. The van der Waals surface area contributed by atoms with Crippen LogP contribution in [0.4, 0.5) is 0 Å². The third-order valence-electron chi connectivity index (χ3n) is 0. The number of halogens is 2. The molecule has 0 saturated carbocycles. The normalized spacial score (nSPS) is 1.50. The summed E-state index contributed by atoms with van der Waals surface area (Å²) < 4.78 is 0. The Hall–Kier alpha value is 2.54. The van der Waals surface area contributed by atoms with Gasteiger partial charge in [-0.05, 0) is 0 Å². The van der Waals surface area contributed by atoms with Crippen LogP contribution >= 0.6 is 20.3 Å². The van der Waals surface area contributed by atoms with E-state index in [1.807, 2.05) is 20.3 Å². The molecule has 0 aromatic rings. The maximum absolute atomic E-state index is 3.22. The SMILES string of the molecule is [Cl-].[Fe][I].[Na+]. The fraction of sp³-hybridized carbons (Fsp3) is 0. The summed E-state index contributed by atoms with van der Waals surface area (Å²) in [5.74, 6) is 0. The Morgan fingerprint density at radius 1 is 1.25 bits per heavy atom. The molecule has 0 nitrogen and oxygen atoms in total. The molecule has 0 aliphatic heterocycles. The van der Waals surface area contributed by atoms with Gasteiger partial charge >= 0.3 is 62.7 Å². The molecule has 0 bridgehead atoms. The standard InChI is InChI=1S/ClH.Fe.HI.Na/h1H;;1H;/q;+1;;+1/p-2. The summed E-state index contributed by atoms with van der Waals surface area (Å²) in [6.45, 7) is 0. The summed E-state index contributed by atoms with van der Waals surface area (Å²) in [4.78, 5) is 0. The van der Waals surface area contributed by atoms with E-state index in [-0.39, 0.29) is 42.0 Å². The Bertz CT molecular complexity index is 8.00. The van der Waals surface area contributed by atoms with Gasteiger partial charge in [-0.2, -0.15) is 0 Å². The number of hydrogen-bond acceptors (Lipinski definition) is 0. The molecule has 0 N–H and O–H groups in total. The van der Waals surface area contributed by atoms with E-state index < -0.39 is 0 Å². The smallest absolute Gasteiger partial charge is 1.00 e. The minimum absolute atomic E-state index is 0. The van der Waals surface area contributed by atoms with Crippen molar-refractivity contribution in [2.75, 3.05) is 0 Å². The molecule has 0 aliphatic rings. The summed E-state index contributed by atoms with van der Waals surface area (Å²) in [6.07, 6.45) is 0. The topological polar surface area (TPSA) is 0 Å². The predicted molar refractivity (Wildman–Crippen MR) is 14.0 cm³/mol. The van der Waals surface area contributed by atoms with Crippen LogP contribution in [-0.4, -0.2) is 0 Å². The summed E-state index contributed by atoms with van der Waals surface area (Å²) >= 11 is 5.12. The van der Waals surface area contributed by atoms with Gasteiger partial charge in [0.25, 0.3) is 0 Å². The minimum atomic E-state index is 0. The van der Waals surface area contributed by atoms with Crippen molar-refractivity contribution in [3.05, 3.63) is 0 Å². The second-order valence-electron chi connectivity index (χ2n) is 0. The van der Waals surface area contributed by atoms with E-state index in [4.69, 9.17) is 0 Å². The number of hydrogen-bond donors (Lipinski definition) is 0. The van der Waals surface area contributed by atoms with Crippen LogP contribution in [0.1, 0.15) is 0 Å². The average molecular weight is 241 g/mol. The fourth-order valence-electron chi connectivity index (χ4n) is 0. The maximum Gasteiger partial charge on any atom is 1.00 e. The van der Waals surface area contributed by atoms with E-state index in [0.717, 1.165) is 0 Å². The van der Waals surface area contributed by atoms with Crippen molar-refractivity contribution in [1.82, 2.24) is 0 Å². The van der Waals surface area contributed by atoms with Gasteiger partial charge in [0.05, 0.1) is 0 Å². The van der Waals surface area contributed by atoms with Crippen LogP contribution in [0.15, 0.2) is 0 Å². The summed E-state index contributed by atoms with van der Waals surface area (Å²) in [5.41, 5.74) is 0. The molecule has 0 saturated heterocycles. The Morgan fingerprint density at radius 3 is 1.25 bits per heavy atom. The van der Waals surface area contributed by atoms with Crippen molar-refractivity contribution in [2.24, 2.45) is 0 Å². The molecule has 0 amide bonds. The van der Waals surface area contributed by atoms with Crippen LogP contribution in [0.25, 0.3) is 0 Å². The zero-order valence-corrected chi connectivity index (χ0v) is 8.13. The molecular formula is ClFeINa. The third-order valence-corrected chi connectivity index (χ3v) is 0. The molecule has 0 radical (unpaired) electrons. The van der Waals surface area contributed by atoms with E-state index >= 15 is 0 Å². The van der Waals surface area contributed by atoms with E-state index in [1.54, 1.807) is 0 Å². The van der Waals surface area contributed by atoms with Gasteiger partial charge in [0.2, 0.25) is 0 Å². The first-order chi connectivity index (χ1) is 1.00. The van der Waals surface area contributed by atoms with Crippen LogP contribution in [0.3, 0.4) is 0 Å². The molecule has 23 valence electrons. The molecule has 0 aromatic heterocycles. The van der Waals surface area contributed by atoms with E-state index in [1.165, 1.54) is 0 Å². The molecule has 0 unspecified atom stereocenters. The summed E-state index contributed by atoms with van der Waals surface area (Å²) in [6, 6.07) is 0. The second kappa shape index (κ2) is 17.7. The van der Waals surface area contributed by atoms with Gasteiger partial charge in [-0.25, -0.2) is 0 Å². The summed E-state index contributed by atoms with van der Waals surface area (Å²) in [5, 5.41) is 0. The van der Waals surface area contributed by atoms with Gasteiger partial charge in [-0.1, -0.05) is 0 Å². The van der Waals surface area contributed by atoms with E-state index in [2.05, 4.69) is 12.8 Å². The predicted octanol–water partition coefficient (Wildman–Crippen LogP) is -5.11. The third kappa shape index (κ3) is 8.82. The van der Waals surface area contributed by atoms with Gasteiger partial charge in [0.1, 0.15) is 0 Å². The Labute approximate surface area is 73.7 Å². The van der Waals surface area contributed by atoms with Gasteiger partial charge in [0, 0.05) is 0 Å². The van der Waals surface area contributed by atoms with Gasteiger partial charge in [0.15, 0.2) is 0 Å². The van der Waals surface area contributed by atoms with Gasteiger partial charge < -0.3 is 12.4 Å². The number of rotatable bonds is 0. The van der Waals surface area contributed by atoms with Crippen LogP contribution in [0.2, 0.25) is 0 Å². The van der Waals surface area contributed by atoms with Crippen molar-refractivity contribution in [2.45, 2.75) is 0 Å². The zero-order chi connectivity index (χ0) is 2.00. The molecule has 0 rings (SSSR count). The fourth-order valence-corrected chi connectivity index (χ4v) is 0. The van der Waals surface area contributed by atoms with Crippen LogP contribution in [-0.2, 0) is 12.8 Å². The molecule has 4 heavy (non-hydrogen) atoms. The zero-order valence-electron chi connectivity index (χ0n) is 2.11. The Balaban J connectivity index is -0.00000000500. The largest absolute Gasteiger partial charge is 1.00 e. The van der Waals surface area contributed by atoms with Crippen molar-refractivity contribution in [3.8, 4) is 0 Å². The van der Waals surface area contributed by atoms with Gasteiger partial charge in [-0.3, -0.25) is 0 Å². The Morgan fingerprint density at radius 2 is 1.25 bits per heavy atom. The second-order valence-corrected chi connectivity index (χ2v) is 0. The van der Waals surface area contributed by atoms with Crippen molar-refractivity contribution < 1.29 is 54.7 Å². The first-order valence-corrected chi connectivity index (χ1v) is 3.70. The van der Waals surface area contributed by atoms with E-state index in [9.17, 15) is 0 Å². The summed E-state index contributed by atoms with van der Waals surface area (Å²) in [7, 11) is 0. The Kier molecular flexibility index (Phi) is 70.9. The first-order valence-electron chi connectivity index (χ1n) is 0.134. The first kappa shape index (κ1) is 16.0. The van der Waals surface area contributed by atoms with Gasteiger partial charge in [-0.15, -0.1) is 0 Å². The van der Waals surface area contributed by atoms with Crippen molar-refractivity contribution in [3.63, 3.8) is 0 Å². The molecule has 0 heterocycles. The molecular weight excluding hydrogens is 241 g/mol. The van der Waals surface area contributed by atoms with Crippen molar-refractivity contribution in [1.29, 1.82) is 0 Å². The molecule has 0 aliphatic carbocycles. The molecule has 0 fully saturated rings. The molecule has 4 heteroatoms. The van der Waals surface area contributed by atoms with Crippen LogP contribution < -0.4 is 42.0 Å². The minimum Gasteiger partial charge on any atom is 1.00 e. The quantitative estimate of drug-likeness (QED) is 0.294. The molecule has 0 atom stereocenters. The van der Waals surface area contributed by atoms with E-state index in [0.29, 0.717) is 0 Å². The molecule has 0 spiro atoms. The monoisotopic (exact) mass is 241 g/mol. The van der Waals surface area contributed by atoms with Crippen molar-refractivity contribution >= 4 is 20.3 Å². The van der Waals surface area contributed by atoms with Crippen LogP contribution in [0, 0.1) is 0 Å². The maximum atomic E-state index is 3.22. The average Bonchev–Trinajstić information content (AvgIpc) is 1.00.